The number of esters is 1. The van der Waals surface area contributed by atoms with E-state index in [4.69, 9.17) is 23.4 Å². The number of para-hydroxylation sites is 1. The molecule has 8 heteroatoms. The van der Waals surface area contributed by atoms with Crippen molar-refractivity contribution in [2.24, 2.45) is 0 Å². The first-order chi connectivity index (χ1) is 18.9. The lowest BCUT2D eigenvalue weighted by molar-refractivity contribution is 0.0702. The summed E-state index contributed by atoms with van der Waals surface area (Å²) in [5.74, 6) is 1.20. The fourth-order valence-corrected chi connectivity index (χ4v) is 4.88. The summed E-state index contributed by atoms with van der Waals surface area (Å²) in [6.07, 6.45) is 3.72. The lowest BCUT2D eigenvalue weighted by Crippen LogP contribution is -2.08. The fraction of sp³-hybridized carbons (Fsp3) is 0.161. The summed E-state index contributed by atoms with van der Waals surface area (Å²) in [6, 6.07) is 16.0. The van der Waals surface area contributed by atoms with E-state index < -0.39 is 5.97 Å². The van der Waals surface area contributed by atoms with E-state index in [1.165, 1.54) is 7.11 Å². The molecule has 0 saturated heterocycles. The molecule has 3 heterocycles. The molecule has 0 saturated carbocycles. The number of nitrogens with zero attached hydrogens (tertiary/aromatic N) is 1. The van der Waals surface area contributed by atoms with Crippen LogP contribution in [-0.4, -0.2) is 30.5 Å². The molecular formula is C31H25NO7. The monoisotopic (exact) mass is 523 g/mol. The molecule has 2 aromatic heterocycles. The summed E-state index contributed by atoms with van der Waals surface area (Å²) in [6.45, 7) is 4.57. The molecule has 1 aliphatic rings. The summed E-state index contributed by atoms with van der Waals surface area (Å²) in [4.78, 5) is 26.2. The molecule has 3 aromatic carbocycles. The van der Waals surface area contributed by atoms with Crippen molar-refractivity contribution in [3.05, 3.63) is 89.0 Å². The van der Waals surface area contributed by atoms with E-state index in [0.717, 1.165) is 34.1 Å². The highest BCUT2D eigenvalue weighted by Gasteiger charge is 2.31. The molecule has 39 heavy (non-hydrogen) atoms. The number of carbonyl (C=O) groups is 2. The maximum atomic E-state index is 13.2. The summed E-state index contributed by atoms with van der Waals surface area (Å²) in [5.41, 5.74) is 3.27. The Bertz CT molecular complexity index is 1820. The van der Waals surface area contributed by atoms with Crippen molar-refractivity contribution >= 4 is 39.7 Å². The molecular weight excluding hydrogens is 498 g/mol. The van der Waals surface area contributed by atoms with Gasteiger partial charge in [-0.1, -0.05) is 12.1 Å². The molecule has 0 amide bonds. The Kier molecular flexibility index (Phi) is 5.87. The van der Waals surface area contributed by atoms with Gasteiger partial charge in [-0.2, -0.15) is 0 Å². The maximum absolute atomic E-state index is 13.2. The van der Waals surface area contributed by atoms with E-state index in [-0.39, 0.29) is 23.1 Å². The molecule has 6 rings (SSSR count). The van der Waals surface area contributed by atoms with Crippen molar-refractivity contribution in [2.75, 3.05) is 14.2 Å². The van der Waals surface area contributed by atoms with E-state index in [0.29, 0.717) is 28.2 Å². The minimum absolute atomic E-state index is 0.0368. The van der Waals surface area contributed by atoms with Gasteiger partial charge in [0.1, 0.15) is 17.2 Å². The van der Waals surface area contributed by atoms with Crippen molar-refractivity contribution in [1.82, 2.24) is 4.57 Å². The SMILES string of the molecule is CCn1cc(/C=C2\Oc3c(ccc(OC(=O)c4cc5cccc(OC)c5o4)c3C)C2=O)c2cc(OC)ccc21. The lowest BCUT2D eigenvalue weighted by atomic mass is 10.1. The Morgan fingerprint density at radius 1 is 1.03 bits per heavy atom. The zero-order chi connectivity index (χ0) is 27.3. The molecule has 1 aliphatic heterocycles. The number of benzene rings is 3. The molecule has 8 nitrogen and oxygen atoms in total. The Morgan fingerprint density at radius 3 is 2.64 bits per heavy atom. The van der Waals surface area contributed by atoms with Crippen LogP contribution >= 0.6 is 0 Å². The second-order valence-electron chi connectivity index (χ2n) is 9.14. The third-order valence-corrected chi connectivity index (χ3v) is 6.91. The molecule has 0 aliphatic carbocycles. The number of aromatic nitrogens is 1. The Labute approximate surface area is 223 Å². The van der Waals surface area contributed by atoms with Crippen LogP contribution in [0, 0.1) is 6.92 Å². The van der Waals surface area contributed by atoms with Gasteiger partial charge in [-0.3, -0.25) is 4.79 Å². The third-order valence-electron chi connectivity index (χ3n) is 6.91. The summed E-state index contributed by atoms with van der Waals surface area (Å²) >= 11 is 0. The number of allylic oxidation sites excluding steroid dienone is 1. The Hall–Kier alpha value is -4.98. The van der Waals surface area contributed by atoms with Gasteiger partial charge in [0.15, 0.2) is 17.1 Å². The number of fused-ring (bicyclic) bond motifs is 3. The van der Waals surface area contributed by atoms with Crippen molar-refractivity contribution in [2.45, 2.75) is 20.4 Å². The Morgan fingerprint density at radius 2 is 1.87 bits per heavy atom. The van der Waals surface area contributed by atoms with Crippen LogP contribution in [0.15, 0.2) is 71.0 Å². The molecule has 0 unspecified atom stereocenters. The minimum Gasteiger partial charge on any atom is -0.497 e. The fourth-order valence-electron chi connectivity index (χ4n) is 4.88. The predicted molar refractivity (Wildman–Crippen MR) is 146 cm³/mol. The van der Waals surface area contributed by atoms with Gasteiger partial charge in [0.2, 0.25) is 11.5 Å². The van der Waals surface area contributed by atoms with Crippen LogP contribution < -0.4 is 18.9 Å². The van der Waals surface area contributed by atoms with E-state index >= 15 is 0 Å². The van der Waals surface area contributed by atoms with Gasteiger partial charge in [-0.15, -0.1) is 0 Å². The summed E-state index contributed by atoms with van der Waals surface area (Å²) in [7, 11) is 3.15. The van der Waals surface area contributed by atoms with Crippen LogP contribution in [0.3, 0.4) is 0 Å². The van der Waals surface area contributed by atoms with Crippen molar-refractivity contribution in [3.63, 3.8) is 0 Å². The Balaban J connectivity index is 1.31. The first-order valence-corrected chi connectivity index (χ1v) is 12.4. The molecule has 196 valence electrons. The van der Waals surface area contributed by atoms with Crippen LogP contribution in [0.1, 0.15) is 39.0 Å². The van der Waals surface area contributed by atoms with E-state index in [1.54, 1.807) is 44.4 Å². The van der Waals surface area contributed by atoms with Gasteiger partial charge in [-0.25, -0.2) is 4.79 Å². The second kappa shape index (κ2) is 9.40. The number of methoxy groups -OCH3 is 2. The minimum atomic E-state index is -0.669. The normalized spacial score (nSPS) is 13.6. The highest BCUT2D eigenvalue weighted by Crippen LogP contribution is 2.40. The number of ether oxygens (including phenoxy) is 4. The predicted octanol–water partition coefficient (Wildman–Crippen LogP) is 6.57. The first kappa shape index (κ1) is 24.4. The van der Waals surface area contributed by atoms with Crippen molar-refractivity contribution < 1.29 is 33.0 Å². The highest BCUT2D eigenvalue weighted by atomic mass is 16.6. The lowest BCUT2D eigenvalue weighted by Gasteiger charge is -2.09. The average molecular weight is 524 g/mol. The maximum Gasteiger partial charge on any atom is 0.379 e. The number of hydrogen-bond acceptors (Lipinski definition) is 7. The molecule has 0 fully saturated rings. The van der Waals surface area contributed by atoms with Gasteiger partial charge < -0.3 is 27.9 Å². The van der Waals surface area contributed by atoms with E-state index in [2.05, 4.69) is 11.5 Å². The van der Waals surface area contributed by atoms with Gasteiger partial charge in [-0.05, 0) is 62.4 Å². The quantitative estimate of drug-likeness (QED) is 0.141. The highest BCUT2D eigenvalue weighted by molar-refractivity contribution is 6.15. The zero-order valence-electron chi connectivity index (χ0n) is 21.9. The number of hydrogen-bond donors (Lipinski definition) is 0. The van der Waals surface area contributed by atoms with E-state index in [1.807, 2.05) is 36.5 Å². The number of furan rings is 1. The number of carbonyl (C=O) groups excluding carboxylic acids is 2. The summed E-state index contributed by atoms with van der Waals surface area (Å²) in [5, 5.41) is 1.67. The molecule has 0 N–H and O–H groups in total. The number of rotatable bonds is 6. The number of aryl methyl sites for hydroxylation is 1. The smallest absolute Gasteiger partial charge is 0.379 e. The van der Waals surface area contributed by atoms with Crippen LogP contribution in [0.25, 0.3) is 27.9 Å². The van der Waals surface area contributed by atoms with E-state index in [9.17, 15) is 9.59 Å². The molecule has 0 bridgehead atoms. The van der Waals surface area contributed by atoms with Gasteiger partial charge in [0, 0.05) is 40.2 Å². The van der Waals surface area contributed by atoms with Crippen molar-refractivity contribution in [1.29, 1.82) is 0 Å². The third kappa shape index (κ3) is 4.01. The van der Waals surface area contributed by atoms with Gasteiger partial charge in [0.25, 0.3) is 0 Å². The van der Waals surface area contributed by atoms with Crippen LogP contribution in [-0.2, 0) is 6.54 Å². The average Bonchev–Trinajstić information content (AvgIpc) is 3.64. The molecule has 0 spiro atoms. The zero-order valence-corrected chi connectivity index (χ0v) is 21.9. The van der Waals surface area contributed by atoms with Gasteiger partial charge >= 0.3 is 5.97 Å². The van der Waals surface area contributed by atoms with Crippen LogP contribution in [0.4, 0.5) is 0 Å². The first-order valence-electron chi connectivity index (χ1n) is 12.4. The second-order valence-corrected chi connectivity index (χ2v) is 9.14. The largest absolute Gasteiger partial charge is 0.497 e. The van der Waals surface area contributed by atoms with Crippen LogP contribution in [0.5, 0.6) is 23.0 Å². The van der Waals surface area contributed by atoms with Crippen LogP contribution in [0.2, 0.25) is 0 Å². The molecule has 0 radical (unpaired) electrons. The number of ketones is 1. The topological polar surface area (TPSA) is 89.1 Å². The number of Topliss-reactive ketones (excluding diaryl/α,β-unsaturated/α-hetero) is 1. The van der Waals surface area contributed by atoms with Crippen molar-refractivity contribution in [3.8, 4) is 23.0 Å². The standard InChI is InChI=1S/C31H25NO7/c1-5-32-16-19(22-15-20(35-3)9-11-23(22)32)14-26-28(33)21-10-12-24(17(2)29(21)37-26)39-31(34)27-13-18-7-6-8-25(36-4)30(18)38-27/h6-16H,5H2,1-4H3/b26-14-. The van der Waals surface area contributed by atoms with Gasteiger partial charge in [0.05, 0.1) is 19.8 Å². The summed E-state index contributed by atoms with van der Waals surface area (Å²) < 4.78 is 30.2. The molecule has 5 aromatic rings. The molecule has 0 atom stereocenters.